The van der Waals surface area contributed by atoms with E-state index in [1.807, 2.05) is 0 Å². The van der Waals surface area contributed by atoms with Gasteiger partial charge in [0.25, 0.3) is 20.2 Å². The fraction of sp³-hybridized carbons (Fsp3) is 0. The Balaban J connectivity index is 1.73. The Morgan fingerprint density at radius 1 is 0.521 bits per heavy atom. The summed E-state index contributed by atoms with van der Waals surface area (Å²) in [5.41, 5.74) is -2.28. The fourth-order valence-corrected chi connectivity index (χ4v) is 6.28. The molecule has 0 spiro atoms. The molecule has 48 heavy (non-hydrogen) atoms. The van der Waals surface area contributed by atoms with Crippen LogP contribution in [0.4, 0.5) is 0 Å². The molecule has 4 rings (SSSR count). The van der Waals surface area contributed by atoms with Crippen molar-refractivity contribution in [1.29, 1.82) is 0 Å². The van der Waals surface area contributed by atoms with Crippen LogP contribution in [0.1, 0.15) is 47.8 Å². The minimum atomic E-state index is -4.86. The minimum absolute atomic E-state index is 0.141. The molecule has 0 aliphatic rings. The van der Waals surface area contributed by atoms with Gasteiger partial charge in [0, 0.05) is 32.0 Å². The predicted octanol–water partition coefficient (Wildman–Crippen LogP) is 4.14. The van der Waals surface area contributed by atoms with Crippen LogP contribution in [0, 0.1) is 0 Å². The monoisotopic (exact) mass is 742 g/mol. The number of rotatable bonds is 14. The van der Waals surface area contributed by atoms with E-state index in [1.54, 1.807) is 0 Å². The Hall–Kier alpha value is -4.23. The van der Waals surface area contributed by atoms with E-state index < -0.39 is 81.1 Å². The van der Waals surface area contributed by atoms with Gasteiger partial charge in [-0.15, -0.1) is 8.67 Å². The van der Waals surface area contributed by atoms with E-state index in [1.165, 1.54) is 0 Å². The summed E-state index contributed by atoms with van der Waals surface area (Å²) >= 11 is 0.533. The molecular formula is C27H18O17S4. The fourth-order valence-electron chi connectivity index (χ4n) is 4.10. The molecule has 0 fully saturated rings. The molecule has 0 heterocycles. The molecule has 0 saturated heterocycles. The van der Waals surface area contributed by atoms with Gasteiger partial charge in [-0.1, -0.05) is 10.1 Å². The first-order chi connectivity index (χ1) is 22.5. The van der Waals surface area contributed by atoms with Crippen LogP contribution in [0.2, 0.25) is 0 Å². The molecule has 0 radical (unpaired) electrons. The Bertz CT molecular complexity index is 2000. The Morgan fingerprint density at radius 2 is 0.896 bits per heavy atom. The van der Waals surface area contributed by atoms with Crippen LogP contribution in [0.3, 0.4) is 0 Å². The summed E-state index contributed by atoms with van der Waals surface area (Å²) < 4.78 is 74.6. The van der Waals surface area contributed by atoms with Gasteiger partial charge < -0.3 is 10.2 Å². The van der Waals surface area contributed by atoms with Crippen molar-refractivity contribution in [3.63, 3.8) is 0 Å². The second-order valence-electron chi connectivity index (χ2n) is 9.24. The molecule has 0 unspecified atom stereocenters. The van der Waals surface area contributed by atoms with Gasteiger partial charge in [0.15, 0.2) is 17.3 Å². The normalized spacial score (nSPS) is 11.8. The van der Waals surface area contributed by atoms with E-state index in [0.29, 0.717) is 0 Å². The van der Waals surface area contributed by atoms with Gasteiger partial charge in [-0.2, -0.15) is 16.8 Å². The van der Waals surface area contributed by atoms with E-state index in [0.717, 1.165) is 72.8 Å². The molecule has 0 bridgehead atoms. The molecule has 17 nitrogen and oxygen atoms in total. The molecule has 4 aromatic rings. The first kappa shape index (κ1) is 36.6. The van der Waals surface area contributed by atoms with Crippen molar-refractivity contribution in [2.75, 3.05) is 0 Å². The van der Waals surface area contributed by atoms with E-state index >= 15 is 0 Å². The summed E-state index contributed by atoms with van der Waals surface area (Å²) in [5.74, 6) is -4.16. The number of ketones is 3. The van der Waals surface area contributed by atoms with Crippen molar-refractivity contribution in [3.05, 3.63) is 106 Å². The van der Waals surface area contributed by atoms with Gasteiger partial charge in [-0.25, -0.2) is 10.5 Å². The number of benzene rings is 4. The third kappa shape index (κ3) is 8.62. The van der Waals surface area contributed by atoms with Crippen molar-refractivity contribution in [3.8, 4) is 11.5 Å². The number of aromatic hydroxyl groups is 2. The molecule has 252 valence electrons. The number of carbonyl (C=O) groups excluding carboxylic acids is 3. The first-order valence-electron chi connectivity index (χ1n) is 12.4. The van der Waals surface area contributed by atoms with Crippen molar-refractivity contribution in [2.45, 2.75) is 19.6 Å². The van der Waals surface area contributed by atoms with Crippen LogP contribution in [0.25, 0.3) is 0 Å². The molecule has 6 N–H and O–H groups in total. The lowest BCUT2D eigenvalue weighted by atomic mass is 9.94. The number of carbonyl (C=O) groups is 3. The lowest BCUT2D eigenvalue weighted by Gasteiger charge is -2.11. The summed E-state index contributed by atoms with van der Waals surface area (Å²) in [7, 11) is -9.72. The summed E-state index contributed by atoms with van der Waals surface area (Å²) in [5, 5.41) is 44.6. The summed E-state index contributed by atoms with van der Waals surface area (Å²) in [6.45, 7) is 0. The van der Waals surface area contributed by atoms with Crippen molar-refractivity contribution >= 4 is 61.7 Å². The molecule has 0 atom stereocenters. The van der Waals surface area contributed by atoms with Crippen LogP contribution in [0.15, 0.2) is 92.4 Å². The number of phenolic OH excluding ortho intramolecular Hbond substituents is 2. The second kappa shape index (κ2) is 14.9. The molecule has 0 amide bonds. The molecule has 0 aromatic heterocycles. The zero-order chi connectivity index (χ0) is 35.4. The maximum Gasteiger partial charge on any atom is 0.294 e. The minimum Gasteiger partial charge on any atom is -0.507 e. The highest BCUT2D eigenvalue weighted by Crippen LogP contribution is 2.31. The topological polar surface area (TPSA) is 278 Å². The third-order valence-electron chi connectivity index (χ3n) is 6.21. The third-order valence-corrected chi connectivity index (χ3v) is 8.99. The maximum atomic E-state index is 13.5. The van der Waals surface area contributed by atoms with E-state index in [2.05, 4.69) is 18.7 Å². The summed E-state index contributed by atoms with van der Waals surface area (Å²) in [6.07, 6.45) is 0. The number of hydrogen-bond acceptors (Lipinski definition) is 17. The van der Waals surface area contributed by atoms with E-state index in [4.69, 9.17) is 10.5 Å². The molecule has 0 aliphatic heterocycles. The highest BCUT2D eigenvalue weighted by Gasteiger charge is 2.24. The van der Waals surface area contributed by atoms with Gasteiger partial charge >= 0.3 is 0 Å². The zero-order valence-electron chi connectivity index (χ0n) is 23.2. The summed E-state index contributed by atoms with van der Waals surface area (Å²) in [4.78, 5) is 38.4. The van der Waals surface area contributed by atoms with E-state index in [9.17, 15) is 50.5 Å². The lowest BCUT2D eigenvalue weighted by molar-refractivity contribution is -0.432. The smallest absolute Gasteiger partial charge is 0.294 e. The average Bonchev–Trinajstić information content (AvgIpc) is 3.04. The standard InChI is InChI=1S/C27H18O17S4/c28-23-3-1-13(9-21(23)26(31)15-5-17(45-43-41-33)11-19(7-15)47(35,36)37)25(30)14-2-4-24(29)22(10-14)27(32)16-6-18(46-44-42-34)12-20(8-16)48(38,39)40/h1-12,28-29,33-34H,(H,35,36,37)(H,38,39,40). The average molecular weight is 743 g/mol. The van der Waals surface area contributed by atoms with E-state index in [-0.39, 0.29) is 45.0 Å². The van der Waals surface area contributed by atoms with Crippen LogP contribution in [0.5, 0.6) is 11.5 Å². The van der Waals surface area contributed by atoms with Crippen LogP contribution in [-0.4, -0.2) is 64.0 Å². The molecule has 0 saturated carbocycles. The first-order valence-corrected chi connectivity index (χ1v) is 16.7. The number of phenols is 2. The quantitative estimate of drug-likeness (QED) is 0.0348. The van der Waals surface area contributed by atoms with Crippen LogP contribution < -0.4 is 0 Å². The van der Waals surface area contributed by atoms with Gasteiger partial charge in [0.05, 0.1) is 45.0 Å². The molecule has 0 aliphatic carbocycles. The maximum absolute atomic E-state index is 13.5. The number of hydrogen-bond donors (Lipinski definition) is 6. The summed E-state index contributed by atoms with van der Waals surface area (Å²) in [6, 6.07) is 11.6. The highest BCUT2D eigenvalue weighted by atomic mass is 32.2. The largest absolute Gasteiger partial charge is 0.507 e. The van der Waals surface area contributed by atoms with Crippen LogP contribution >= 0.6 is 24.1 Å². The zero-order valence-corrected chi connectivity index (χ0v) is 26.5. The molecular weight excluding hydrogens is 725 g/mol. The molecule has 21 heteroatoms. The van der Waals surface area contributed by atoms with Gasteiger partial charge in [0.2, 0.25) is 0 Å². The molecule has 4 aromatic carbocycles. The Kier molecular flexibility index (Phi) is 11.4. The Morgan fingerprint density at radius 3 is 1.23 bits per heavy atom. The highest BCUT2D eigenvalue weighted by molar-refractivity contribution is 7.94. The van der Waals surface area contributed by atoms with Crippen molar-refractivity contribution in [1.82, 2.24) is 0 Å². The SMILES string of the molecule is O=C(c1ccc(O)c(C(=O)c2cc(SOOO)cc(S(=O)(=O)O)c2)c1)c1ccc(O)c(C(=O)c2cc(SOOO)cc(S(=O)(=O)O)c2)c1. The Labute approximate surface area is 277 Å². The predicted molar refractivity (Wildman–Crippen MR) is 160 cm³/mol. The van der Waals surface area contributed by atoms with Gasteiger partial charge in [-0.05, 0) is 72.8 Å². The lowest BCUT2D eigenvalue weighted by Crippen LogP contribution is -2.10. The van der Waals surface area contributed by atoms with Crippen molar-refractivity contribution < 1.29 is 79.8 Å². The van der Waals surface area contributed by atoms with Crippen LogP contribution in [-0.2, 0) is 39.0 Å². The van der Waals surface area contributed by atoms with Crippen molar-refractivity contribution in [2.24, 2.45) is 0 Å². The van der Waals surface area contributed by atoms with Gasteiger partial charge in [-0.3, -0.25) is 23.5 Å². The second-order valence-corrected chi connectivity index (χ2v) is 13.6. The van der Waals surface area contributed by atoms with Gasteiger partial charge in [0.1, 0.15) is 11.5 Å².